The Bertz CT molecular complexity index is 2730. The molecule has 2 saturated heterocycles. The molecule has 0 radical (unpaired) electrons. The molecule has 0 saturated carbocycles. The van der Waals surface area contributed by atoms with Gasteiger partial charge in [-0.05, 0) is 55.7 Å². The zero-order chi connectivity index (χ0) is 43.5. The number of piperazine rings is 1. The van der Waals surface area contributed by atoms with Crippen molar-refractivity contribution >= 4 is 57.9 Å². The molecule has 6 heterocycles. The fourth-order valence-electron chi connectivity index (χ4n) is 8.32. The summed E-state index contributed by atoms with van der Waals surface area (Å²) in [6, 6.07) is 20.6. The van der Waals surface area contributed by atoms with Crippen molar-refractivity contribution in [1.82, 2.24) is 55.2 Å². The van der Waals surface area contributed by atoms with Gasteiger partial charge in [0.1, 0.15) is 29.9 Å². The highest BCUT2D eigenvalue weighted by molar-refractivity contribution is 6.26. The number of imide groups is 2. The Balaban J connectivity index is 0.788. The summed E-state index contributed by atoms with van der Waals surface area (Å²) in [5, 5.41) is 21.9. The number of nitrogens with zero attached hydrogens (tertiary/aromatic N) is 10. The van der Waals surface area contributed by atoms with Crippen molar-refractivity contribution in [2.45, 2.75) is 63.8 Å². The first kappa shape index (κ1) is 40.7. The summed E-state index contributed by atoms with van der Waals surface area (Å²) < 4.78 is 3.51. The highest BCUT2D eigenvalue weighted by Gasteiger charge is 2.45. The minimum Gasteiger partial charge on any atom is -0.348 e. The number of unbranched alkanes of at least 4 members (excludes halogenated alkanes) is 1. The summed E-state index contributed by atoms with van der Waals surface area (Å²) in [4.78, 5) is 92.0. The Labute approximate surface area is 360 Å². The number of nitrogens with one attached hydrogen (secondary N) is 3. The van der Waals surface area contributed by atoms with Crippen LogP contribution in [0, 0.1) is 0 Å². The Morgan fingerprint density at radius 3 is 2.57 bits per heavy atom. The molecule has 0 bridgehead atoms. The molecule has 3 N–H and O–H groups in total. The largest absolute Gasteiger partial charge is 0.348 e. The summed E-state index contributed by atoms with van der Waals surface area (Å²) in [5.41, 5.74) is 3.65. The first-order valence-corrected chi connectivity index (χ1v) is 20.8. The number of fused-ring (bicyclic) bond motifs is 2. The van der Waals surface area contributed by atoms with Crippen molar-refractivity contribution in [3.05, 3.63) is 120 Å². The summed E-state index contributed by atoms with van der Waals surface area (Å²) in [5.74, 6) is -2.34. The third kappa shape index (κ3) is 8.63. The predicted octanol–water partition coefficient (Wildman–Crippen LogP) is 2.62. The van der Waals surface area contributed by atoms with E-state index in [2.05, 4.69) is 51.1 Å². The van der Waals surface area contributed by atoms with E-state index in [0.717, 1.165) is 27.1 Å². The molecule has 0 spiro atoms. The molecule has 6 aromatic rings. The molecule has 3 aromatic carbocycles. The Kier molecular flexibility index (Phi) is 11.5. The highest BCUT2D eigenvalue weighted by atomic mass is 16.2. The van der Waals surface area contributed by atoms with Gasteiger partial charge in [-0.3, -0.25) is 48.6 Å². The number of amides is 6. The number of hydrogen-bond donors (Lipinski definition) is 3. The van der Waals surface area contributed by atoms with Crippen molar-refractivity contribution in [2.75, 3.05) is 29.9 Å². The fourth-order valence-corrected chi connectivity index (χ4v) is 8.32. The second-order valence-electron chi connectivity index (χ2n) is 15.7. The van der Waals surface area contributed by atoms with E-state index in [1.807, 2.05) is 71.7 Å². The van der Waals surface area contributed by atoms with E-state index in [0.29, 0.717) is 57.1 Å². The monoisotopic (exact) mass is 849 g/mol. The molecule has 19 heteroatoms. The smallest absolute Gasteiger partial charge is 0.264 e. The van der Waals surface area contributed by atoms with Crippen LogP contribution in [0.1, 0.15) is 64.1 Å². The number of carbonyl (C=O) groups excluding carboxylic acids is 6. The molecular weight excluding hydrogens is 807 g/mol. The van der Waals surface area contributed by atoms with Crippen molar-refractivity contribution in [2.24, 2.45) is 0 Å². The lowest BCUT2D eigenvalue weighted by Gasteiger charge is -2.41. The van der Waals surface area contributed by atoms with Gasteiger partial charge in [0.25, 0.3) is 11.8 Å². The van der Waals surface area contributed by atoms with Gasteiger partial charge in [0.05, 0.1) is 47.0 Å². The van der Waals surface area contributed by atoms with Crippen LogP contribution >= 0.6 is 0 Å². The van der Waals surface area contributed by atoms with E-state index in [-0.39, 0.29) is 54.4 Å². The van der Waals surface area contributed by atoms with Gasteiger partial charge >= 0.3 is 0 Å². The van der Waals surface area contributed by atoms with Crippen LogP contribution in [0.25, 0.3) is 16.6 Å². The zero-order valence-electron chi connectivity index (χ0n) is 34.1. The van der Waals surface area contributed by atoms with Gasteiger partial charge in [0.2, 0.25) is 23.6 Å². The van der Waals surface area contributed by atoms with Crippen LogP contribution in [0.5, 0.6) is 0 Å². The molecule has 63 heavy (non-hydrogen) atoms. The normalized spacial score (nSPS) is 17.8. The fraction of sp³-hybridized carbons (Fsp3) is 0.295. The molecular formula is C44H43N13O6. The van der Waals surface area contributed by atoms with Crippen molar-refractivity contribution in [3.8, 4) is 5.69 Å². The molecule has 3 aliphatic rings. The van der Waals surface area contributed by atoms with Gasteiger partial charge in [-0.25, -0.2) is 14.6 Å². The maximum Gasteiger partial charge on any atom is 0.264 e. The molecule has 6 amide bonds. The number of aryl methyl sites for hydroxylation is 1. The van der Waals surface area contributed by atoms with Crippen LogP contribution < -0.4 is 20.9 Å². The first-order chi connectivity index (χ1) is 30.7. The molecule has 3 aromatic heterocycles. The third-order valence-corrected chi connectivity index (χ3v) is 11.4. The average Bonchev–Trinajstić information content (AvgIpc) is 4.03. The molecule has 2 fully saturated rings. The molecule has 19 nitrogen and oxygen atoms in total. The lowest BCUT2D eigenvalue weighted by atomic mass is 10.0. The van der Waals surface area contributed by atoms with Crippen LogP contribution in [-0.4, -0.2) is 112 Å². The second kappa shape index (κ2) is 17.7. The highest BCUT2D eigenvalue weighted by Crippen LogP contribution is 2.33. The summed E-state index contributed by atoms with van der Waals surface area (Å²) in [7, 11) is 0. The molecule has 3 aliphatic heterocycles. The molecule has 320 valence electrons. The molecule has 2 atom stereocenters. The molecule has 0 aliphatic carbocycles. The second-order valence-corrected chi connectivity index (χ2v) is 15.7. The summed E-state index contributed by atoms with van der Waals surface area (Å²) >= 11 is 0. The maximum atomic E-state index is 14.1. The van der Waals surface area contributed by atoms with Crippen molar-refractivity contribution in [3.63, 3.8) is 0 Å². The van der Waals surface area contributed by atoms with Gasteiger partial charge < -0.3 is 15.5 Å². The van der Waals surface area contributed by atoms with Crippen molar-refractivity contribution < 1.29 is 28.8 Å². The van der Waals surface area contributed by atoms with Gasteiger partial charge in [-0.2, -0.15) is 5.10 Å². The quantitative estimate of drug-likeness (QED) is 0.106. The topological polar surface area (TPSA) is 223 Å². The lowest BCUT2D eigenvalue weighted by Crippen LogP contribution is -2.59. The number of para-hydroxylation sites is 2. The first-order valence-electron chi connectivity index (χ1n) is 20.8. The molecule has 2 unspecified atom stereocenters. The third-order valence-electron chi connectivity index (χ3n) is 11.4. The SMILES string of the molecule is O=C1CCC(N2C(=O)c3cccc(NC(=O)CCCCn4cc(CNC(=O)C5CN(Cc6cnn(-c7ccccc7)c6)CCN5c5ncnc6ccccc56)nn4)c3C2=O)C(=O)N1. The van der Waals surface area contributed by atoms with Crippen LogP contribution in [0.4, 0.5) is 11.5 Å². The Morgan fingerprint density at radius 2 is 1.71 bits per heavy atom. The number of anilines is 2. The van der Waals surface area contributed by atoms with E-state index in [1.165, 1.54) is 18.5 Å². The van der Waals surface area contributed by atoms with E-state index in [9.17, 15) is 28.8 Å². The number of carbonyl (C=O) groups is 6. The van der Waals surface area contributed by atoms with E-state index in [4.69, 9.17) is 0 Å². The lowest BCUT2D eigenvalue weighted by molar-refractivity contribution is -0.136. The zero-order valence-corrected chi connectivity index (χ0v) is 34.1. The number of hydrogen-bond acceptors (Lipinski definition) is 13. The van der Waals surface area contributed by atoms with Crippen molar-refractivity contribution in [1.29, 1.82) is 0 Å². The Morgan fingerprint density at radius 1 is 0.873 bits per heavy atom. The number of rotatable bonds is 14. The van der Waals surface area contributed by atoms with Crippen LogP contribution in [0.2, 0.25) is 0 Å². The molecule has 9 rings (SSSR count). The Hall–Kier alpha value is -7.67. The van der Waals surface area contributed by atoms with Gasteiger partial charge in [-0.1, -0.05) is 41.6 Å². The number of benzene rings is 3. The van der Waals surface area contributed by atoms with Gasteiger partial charge in [-0.15, -0.1) is 5.10 Å². The standard InChI is InChI=1S/C44H43N13O6/c58-37(49-34-14-8-12-32-39(34)44(63)57(43(32)62)35-16-17-38(59)50-42(35)61)15-6-7-18-54-25-29(51-52-54)22-45-41(60)36-26-53(23-28-21-48-56(24-28)30-9-2-1-3-10-30)19-20-55(36)40-31-11-4-5-13-33(31)46-27-47-40/h1-5,8-14,21,24-25,27,35-36H,6-7,15-20,22-23,26H2,(H,45,60)(H,49,58)(H,50,59,61). The van der Waals surface area contributed by atoms with E-state index < -0.39 is 35.7 Å². The average molecular weight is 850 g/mol. The van der Waals surface area contributed by atoms with Crippen LogP contribution in [0.3, 0.4) is 0 Å². The summed E-state index contributed by atoms with van der Waals surface area (Å²) in [6.07, 6.45) is 8.40. The minimum absolute atomic E-state index is 0.00755. The van der Waals surface area contributed by atoms with E-state index >= 15 is 0 Å². The van der Waals surface area contributed by atoms with Gasteiger partial charge in [0, 0.05) is 62.7 Å². The number of aromatic nitrogens is 7. The van der Waals surface area contributed by atoms with Crippen LogP contribution in [0.15, 0.2) is 97.7 Å². The van der Waals surface area contributed by atoms with Gasteiger partial charge in [0.15, 0.2) is 0 Å². The minimum atomic E-state index is -1.11. The van der Waals surface area contributed by atoms with Crippen LogP contribution in [-0.2, 0) is 38.8 Å². The maximum absolute atomic E-state index is 14.1. The van der Waals surface area contributed by atoms with E-state index in [1.54, 1.807) is 16.9 Å². The summed E-state index contributed by atoms with van der Waals surface area (Å²) in [6.45, 7) is 2.96. The predicted molar refractivity (Wildman–Crippen MR) is 227 cm³/mol. The number of piperidine rings is 1.